The number of para-hydroxylation sites is 2. The molecule has 0 spiro atoms. The molecule has 1 aromatic heterocycles. The lowest BCUT2D eigenvalue weighted by Crippen LogP contribution is -2.36. The molecule has 0 saturated carbocycles. The third kappa shape index (κ3) is 4.00. The quantitative estimate of drug-likeness (QED) is 0.734. The zero-order valence-corrected chi connectivity index (χ0v) is 16.5. The number of nitrogens with zero attached hydrogens (tertiary/aromatic N) is 3. The minimum atomic E-state index is -0.286. The van der Waals surface area contributed by atoms with Gasteiger partial charge < -0.3 is 15.0 Å². The summed E-state index contributed by atoms with van der Waals surface area (Å²) in [6.07, 6.45) is 0. The van der Waals surface area contributed by atoms with E-state index in [4.69, 9.17) is 4.74 Å². The summed E-state index contributed by atoms with van der Waals surface area (Å²) in [5.41, 5.74) is 4.13. The molecule has 1 aliphatic rings. The number of nitrogens with one attached hydrogen (secondary N) is 1. The average molecular weight is 394 g/mol. The Balaban J connectivity index is 1.58. The van der Waals surface area contributed by atoms with Gasteiger partial charge in [-0.1, -0.05) is 12.1 Å². The van der Waals surface area contributed by atoms with Gasteiger partial charge in [-0.15, -0.1) is 0 Å². The van der Waals surface area contributed by atoms with Gasteiger partial charge in [0.25, 0.3) is 5.91 Å². The second kappa shape index (κ2) is 8.05. The number of carbonyl (C=O) groups is 1. The normalized spacial score (nSPS) is 14.1. The van der Waals surface area contributed by atoms with Gasteiger partial charge in [-0.05, 0) is 48.9 Å². The van der Waals surface area contributed by atoms with Crippen molar-refractivity contribution in [2.45, 2.75) is 6.92 Å². The fourth-order valence-electron chi connectivity index (χ4n) is 3.50. The van der Waals surface area contributed by atoms with Gasteiger partial charge in [0.15, 0.2) is 5.69 Å². The first-order valence-corrected chi connectivity index (χ1v) is 9.56. The van der Waals surface area contributed by atoms with Crippen molar-refractivity contribution >= 4 is 17.3 Å². The van der Waals surface area contributed by atoms with Crippen LogP contribution < -0.4 is 10.2 Å². The van der Waals surface area contributed by atoms with Crippen LogP contribution in [0.1, 0.15) is 16.1 Å². The lowest BCUT2D eigenvalue weighted by Gasteiger charge is -2.30. The van der Waals surface area contributed by atoms with E-state index in [-0.39, 0.29) is 11.7 Å². The number of amides is 1. The van der Waals surface area contributed by atoms with Gasteiger partial charge in [0, 0.05) is 25.7 Å². The summed E-state index contributed by atoms with van der Waals surface area (Å²) in [6, 6.07) is 14.3. The van der Waals surface area contributed by atoms with Crippen molar-refractivity contribution in [2.24, 2.45) is 7.05 Å². The predicted molar refractivity (Wildman–Crippen MR) is 111 cm³/mol. The van der Waals surface area contributed by atoms with Crippen molar-refractivity contribution in [1.82, 2.24) is 9.78 Å². The van der Waals surface area contributed by atoms with Crippen molar-refractivity contribution in [1.29, 1.82) is 0 Å². The fraction of sp³-hybridized carbons (Fsp3) is 0.273. The highest BCUT2D eigenvalue weighted by Crippen LogP contribution is 2.27. The van der Waals surface area contributed by atoms with E-state index < -0.39 is 0 Å². The van der Waals surface area contributed by atoms with Gasteiger partial charge in [-0.3, -0.25) is 9.48 Å². The van der Waals surface area contributed by atoms with Gasteiger partial charge in [0.2, 0.25) is 0 Å². The van der Waals surface area contributed by atoms with Crippen LogP contribution in [0.5, 0.6) is 0 Å². The molecule has 0 unspecified atom stereocenters. The van der Waals surface area contributed by atoms with Crippen LogP contribution in [0, 0.1) is 12.7 Å². The highest BCUT2D eigenvalue weighted by Gasteiger charge is 2.19. The summed E-state index contributed by atoms with van der Waals surface area (Å²) in [6.45, 7) is 4.62. The third-order valence-electron chi connectivity index (χ3n) is 5.07. The van der Waals surface area contributed by atoms with E-state index in [2.05, 4.69) is 15.3 Å². The van der Waals surface area contributed by atoms with Crippen molar-refractivity contribution in [3.63, 3.8) is 0 Å². The zero-order chi connectivity index (χ0) is 20.4. The van der Waals surface area contributed by atoms with Crippen LogP contribution in [0.4, 0.5) is 15.8 Å². The molecule has 2 aromatic carbocycles. The molecule has 1 amide bonds. The monoisotopic (exact) mass is 394 g/mol. The molecule has 150 valence electrons. The van der Waals surface area contributed by atoms with Crippen LogP contribution >= 0.6 is 0 Å². The number of aromatic nitrogens is 2. The largest absolute Gasteiger partial charge is 0.378 e. The van der Waals surface area contributed by atoms with Crippen molar-refractivity contribution < 1.29 is 13.9 Å². The number of hydrogen-bond acceptors (Lipinski definition) is 4. The second-order valence-corrected chi connectivity index (χ2v) is 7.07. The Morgan fingerprint density at radius 3 is 2.66 bits per heavy atom. The second-order valence-electron chi connectivity index (χ2n) is 7.07. The lowest BCUT2D eigenvalue weighted by atomic mass is 10.1. The maximum absolute atomic E-state index is 13.6. The van der Waals surface area contributed by atoms with Gasteiger partial charge in [-0.25, -0.2) is 4.39 Å². The number of halogens is 1. The molecule has 29 heavy (non-hydrogen) atoms. The molecule has 6 nitrogen and oxygen atoms in total. The number of hydrogen-bond donors (Lipinski definition) is 1. The summed E-state index contributed by atoms with van der Waals surface area (Å²) in [5, 5.41) is 7.33. The minimum absolute atomic E-state index is 0.256. The van der Waals surface area contributed by atoms with Gasteiger partial charge in [0.05, 0.1) is 30.3 Å². The molecule has 1 saturated heterocycles. The minimum Gasteiger partial charge on any atom is -0.378 e. The topological polar surface area (TPSA) is 59.4 Å². The van der Waals surface area contributed by atoms with Gasteiger partial charge >= 0.3 is 0 Å². The van der Waals surface area contributed by atoms with E-state index >= 15 is 0 Å². The van der Waals surface area contributed by atoms with Crippen molar-refractivity contribution in [2.75, 3.05) is 36.5 Å². The molecule has 0 atom stereocenters. The molecule has 1 N–H and O–H groups in total. The van der Waals surface area contributed by atoms with Crippen LogP contribution in [-0.4, -0.2) is 42.0 Å². The lowest BCUT2D eigenvalue weighted by molar-refractivity contribution is 0.102. The zero-order valence-electron chi connectivity index (χ0n) is 16.5. The fourth-order valence-corrected chi connectivity index (χ4v) is 3.50. The first kappa shape index (κ1) is 19.1. The van der Waals surface area contributed by atoms with E-state index in [9.17, 15) is 9.18 Å². The van der Waals surface area contributed by atoms with Crippen LogP contribution in [0.3, 0.4) is 0 Å². The SMILES string of the molecule is Cc1cc(-c2cc(C(=O)Nc3ccccc3N3CCOCC3)nn2C)ccc1F. The summed E-state index contributed by atoms with van der Waals surface area (Å²) in [7, 11) is 1.77. The highest BCUT2D eigenvalue weighted by molar-refractivity contribution is 6.05. The third-order valence-corrected chi connectivity index (χ3v) is 5.07. The molecule has 1 aliphatic heterocycles. The molecule has 7 heteroatoms. The first-order valence-electron chi connectivity index (χ1n) is 9.56. The van der Waals surface area contributed by atoms with Crippen molar-refractivity contribution in [3.05, 3.63) is 65.6 Å². The summed E-state index contributed by atoms with van der Waals surface area (Å²) >= 11 is 0. The molecule has 3 aromatic rings. The molecule has 4 rings (SSSR count). The summed E-state index contributed by atoms with van der Waals surface area (Å²) in [5.74, 6) is -0.542. The number of aryl methyl sites for hydroxylation is 2. The number of rotatable bonds is 4. The first-order chi connectivity index (χ1) is 14.0. The number of benzene rings is 2. The maximum Gasteiger partial charge on any atom is 0.276 e. The van der Waals surface area contributed by atoms with Crippen LogP contribution in [0.15, 0.2) is 48.5 Å². The summed E-state index contributed by atoms with van der Waals surface area (Å²) in [4.78, 5) is 15.1. The molecule has 1 fully saturated rings. The van der Waals surface area contributed by atoms with E-state index in [1.807, 2.05) is 24.3 Å². The Morgan fingerprint density at radius 1 is 1.14 bits per heavy atom. The van der Waals surface area contributed by atoms with Crippen LogP contribution in [0.2, 0.25) is 0 Å². The number of anilines is 2. The number of morpholine rings is 1. The van der Waals surface area contributed by atoms with Crippen LogP contribution in [0.25, 0.3) is 11.3 Å². The Morgan fingerprint density at radius 2 is 1.90 bits per heavy atom. The van der Waals surface area contributed by atoms with Crippen molar-refractivity contribution in [3.8, 4) is 11.3 Å². The van der Waals surface area contributed by atoms with E-state index in [0.29, 0.717) is 24.5 Å². The van der Waals surface area contributed by atoms with Gasteiger partial charge in [0.1, 0.15) is 5.82 Å². The number of carbonyl (C=O) groups excluding carboxylic acids is 1. The molecule has 2 heterocycles. The smallest absolute Gasteiger partial charge is 0.276 e. The molecule has 0 aliphatic carbocycles. The Bertz CT molecular complexity index is 1040. The van der Waals surface area contributed by atoms with Crippen LogP contribution in [-0.2, 0) is 11.8 Å². The molecule has 0 bridgehead atoms. The Kier molecular flexibility index (Phi) is 5.31. The van der Waals surface area contributed by atoms with Gasteiger partial charge in [-0.2, -0.15) is 5.10 Å². The maximum atomic E-state index is 13.6. The molecular weight excluding hydrogens is 371 g/mol. The average Bonchev–Trinajstić information content (AvgIpc) is 3.13. The molecule has 0 radical (unpaired) electrons. The number of ether oxygens (including phenoxy) is 1. The van der Waals surface area contributed by atoms with E-state index in [1.54, 1.807) is 36.9 Å². The predicted octanol–water partition coefficient (Wildman–Crippen LogP) is 3.62. The van der Waals surface area contributed by atoms with E-state index in [1.165, 1.54) is 6.07 Å². The van der Waals surface area contributed by atoms with E-state index in [0.717, 1.165) is 35.7 Å². The highest BCUT2D eigenvalue weighted by atomic mass is 19.1. The standard InChI is InChI=1S/C22H23FN4O2/c1-15-13-16(7-8-17(15)23)21-14-19(25-26(21)2)22(28)24-18-5-3-4-6-20(18)27-9-11-29-12-10-27/h3-8,13-14H,9-12H2,1-2H3,(H,24,28). The summed E-state index contributed by atoms with van der Waals surface area (Å²) < 4.78 is 20.6. The molecular formula is C22H23FN4O2. The Hall–Kier alpha value is -3.19. The Labute approximate surface area is 168 Å².